The minimum absolute atomic E-state index is 0.0193. The van der Waals surface area contributed by atoms with Gasteiger partial charge in [0.2, 0.25) is 0 Å². The Hall–Kier alpha value is -3.76. The number of carboxylic acids is 1. The Balaban J connectivity index is 1.49. The first-order valence-electron chi connectivity index (χ1n) is 13.3. The van der Waals surface area contributed by atoms with Crippen LogP contribution in [0.1, 0.15) is 56.0 Å². The largest absolute Gasteiger partial charge is 0.573 e. The van der Waals surface area contributed by atoms with E-state index in [1.807, 2.05) is 0 Å². The van der Waals surface area contributed by atoms with Crippen molar-refractivity contribution in [2.24, 2.45) is 23.2 Å². The predicted molar refractivity (Wildman–Crippen MR) is 142 cm³/mol. The van der Waals surface area contributed by atoms with Gasteiger partial charge in [0.1, 0.15) is 5.75 Å². The van der Waals surface area contributed by atoms with E-state index >= 15 is 0 Å². The van der Waals surface area contributed by atoms with Crippen LogP contribution in [0.15, 0.2) is 48.5 Å². The quantitative estimate of drug-likeness (QED) is 0.354. The molecule has 3 amide bonds. The SMILES string of the molecule is CC1C(N(Cc2ccc(C(=O)NCCC(=O)O)cc2)C(=O)Nc2ccc(OC(F)(F)F)cc2)CC2CC1C2(C)C. The number of hydrogen-bond donors (Lipinski definition) is 3. The number of rotatable bonds is 9. The van der Waals surface area contributed by atoms with Crippen LogP contribution in [0.3, 0.4) is 0 Å². The lowest BCUT2D eigenvalue weighted by atomic mass is 9.44. The summed E-state index contributed by atoms with van der Waals surface area (Å²) in [5.41, 5.74) is 1.73. The molecule has 5 rings (SSSR count). The number of nitrogens with one attached hydrogen (secondary N) is 2. The normalized spacial score (nSPS) is 22.9. The molecule has 3 N–H and O–H groups in total. The first-order valence-corrected chi connectivity index (χ1v) is 13.3. The van der Waals surface area contributed by atoms with Crippen LogP contribution in [0.4, 0.5) is 23.7 Å². The van der Waals surface area contributed by atoms with Crippen LogP contribution in [-0.2, 0) is 11.3 Å². The Morgan fingerprint density at radius 1 is 1.05 bits per heavy atom. The van der Waals surface area contributed by atoms with Crippen LogP contribution < -0.4 is 15.4 Å². The lowest BCUT2D eigenvalue weighted by Crippen LogP contribution is -2.61. The highest BCUT2D eigenvalue weighted by atomic mass is 19.4. The molecule has 2 aromatic rings. The monoisotopic (exact) mass is 561 g/mol. The van der Waals surface area contributed by atoms with Gasteiger partial charge in [-0.2, -0.15) is 0 Å². The molecule has 3 fully saturated rings. The van der Waals surface area contributed by atoms with Gasteiger partial charge in [-0.05, 0) is 78.0 Å². The maximum Gasteiger partial charge on any atom is 0.573 e. The molecule has 4 unspecified atom stereocenters. The average molecular weight is 562 g/mol. The number of urea groups is 1. The molecule has 3 aliphatic rings. The summed E-state index contributed by atoms with van der Waals surface area (Å²) in [5, 5.41) is 14.1. The zero-order valence-electron chi connectivity index (χ0n) is 22.6. The third-order valence-corrected chi connectivity index (χ3v) is 8.51. The number of anilines is 1. The van der Waals surface area contributed by atoms with Crippen LogP contribution >= 0.6 is 0 Å². The molecule has 0 radical (unpaired) electrons. The minimum Gasteiger partial charge on any atom is -0.481 e. The van der Waals surface area contributed by atoms with Crippen LogP contribution in [0.5, 0.6) is 5.75 Å². The Morgan fingerprint density at radius 3 is 2.25 bits per heavy atom. The van der Waals surface area contributed by atoms with Crippen molar-refractivity contribution in [3.8, 4) is 5.75 Å². The third-order valence-electron chi connectivity index (χ3n) is 8.51. The van der Waals surface area contributed by atoms with Crippen molar-refractivity contribution in [2.75, 3.05) is 11.9 Å². The summed E-state index contributed by atoms with van der Waals surface area (Å²) in [6.07, 6.45) is -3.00. The Labute approximate surface area is 230 Å². The summed E-state index contributed by atoms with van der Waals surface area (Å²) in [6, 6.07) is 11.4. The predicted octanol–water partition coefficient (Wildman–Crippen LogP) is 5.89. The molecule has 8 nitrogen and oxygen atoms in total. The molecule has 0 aliphatic heterocycles. The Morgan fingerprint density at radius 2 is 1.70 bits per heavy atom. The van der Waals surface area contributed by atoms with Crippen molar-refractivity contribution in [2.45, 2.75) is 59.0 Å². The number of carboxylic acid groups (broad SMARTS) is 1. The molecule has 0 aromatic heterocycles. The molecule has 0 saturated heterocycles. The topological polar surface area (TPSA) is 108 Å². The number of hydrogen-bond acceptors (Lipinski definition) is 4. The fourth-order valence-corrected chi connectivity index (χ4v) is 6.15. The number of amides is 3. The van der Waals surface area contributed by atoms with E-state index in [4.69, 9.17) is 5.11 Å². The van der Waals surface area contributed by atoms with Gasteiger partial charge in [-0.15, -0.1) is 13.2 Å². The maximum atomic E-state index is 13.6. The molecule has 11 heteroatoms. The molecule has 2 aromatic carbocycles. The van der Waals surface area contributed by atoms with E-state index < -0.39 is 12.3 Å². The number of halogens is 3. The van der Waals surface area contributed by atoms with E-state index in [9.17, 15) is 27.6 Å². The number of nitrogens with zero attached hydrogens (tertiary/aromatic N) is 1. The maximum absolute atomic E-state index is 13.6. The van der Waals surface area contributed by atoms with Crippen molar-refractivity contribution in [1.29, 1.82) is 0 Å². The van der Waals surface area contributed by atoms with Gasteiger partial charge in [-0.1, -0.05) is 32.9 Å². The van der Waals surface area contributed by atoms with Gasteiger partial charge in [0, 0.05) is 30.4 Å². The Bertz CT molecular complexity index is 1230. The first-order chi connectivity index (χ1) is 18.7. The lowest BCUT2D eigenvalue weighted by Gasteiger charge is -2.63. The van der Waals surface area contributed by atoms with Crippen molar-refractivity contribution in [1.82, 2.24) is 10.2 Å². The van der Waals surface area contributed by atoms with Crippen molar-refractivity contribution in [3.63, 3.8) is 0 Å². The van der Waals surface area contributed by atoms with Crippen molar-refractivity contribution >= 4 is 23.6 Å². The molecule has 0 heterocycles. The lowest BCUT2D eigenvalue weighted by molar-refractivity contribution is -0.274. The number of alkyl halides is 3. The molecule has 3 saturated carbocycles. The van der Waals surface area contributed by atoms with E-state index in [1.165, 1.54) is 12.1 Å². The summed E-state index contributed by atoms with van der Waals surface area (Å²) in [7, 11) is 0. The van der Waals surface area contributed by atoms with Crippen LogP contribution in [0.25, 0.3) is 0 Å². The standard InChI is InChI=1S/C29H34F3N3O5/c1-17-23-14-20(28(23,2)3)15-24(17)35(27(39)34-21-8-10-22(11-9-21)40-29(30,31)32)16-18-4-6-19(7-5-18)26(38)33-13-12-25(36)37/h4-11,17,20,23-24H,12-16H2,1-3H3,(H,33,38)(H,34,39)(H,36,37). The summed E-state index contributed by atoms with van der Waals surface area (Å²) >= 11 is 0. The van der Waals surface area contributed by atoms with Gasteiger partial charge in [-0.25, -0.2) is 4.79 Å². The van der Waals surface area contributed by atoms with E-state index in [1.54, 1.807) is 29.2 Å². The zero-order valence-corrected chi connectivity index (χ0v) is 22.6. The summed E-state index contributed by atoms with van der Waals surface area (Å²) in [6.45, 7) is 7.00. The van der Waals surface area contributed by atoms with Gasteiger partial charge in [-0.3, -0.25) is 9.59 Å². The van der Waals surface area contributed by atoms with Gasteiger partial charge in [0.05, 0.1) is 6.42 Å². The van der Waals surface area contributed by atoms with E-state index in [2.05, 4.69) is 36.1 Å². The number of benzene rings is 2. The zero-order chi connectivity index (χ0) is 29.2. The second kappa shape index (κ2) is 11.4. The molecule has 0 spiro atoms. The summed E-state index contributed by atoms with van der Waals surface area (Å²) in [5.74, 6) is -0.557. The highest BCUT2D eigenvalue weighted by molar-refractivity contribution is 5.94. The van der Waals surface area contributed by atoms with Crippen molar-refractivity contribution < 1.29 is 37.4 Å². The van der Waals surface area contributed by atoms with Gasteiger partial charge < -0.3 is 25.4 Å². The highest BCUT2D eigenvalue weighted by Crippen LogP contribution is 2.62. The number of carbonyl (C=O) groups excluding carboxylic acids is 2. The summed E-state index contributed by atoms with van der Waals surface area (Å²) < 4.78 is 41.4. The third kappa shape index (κ3) is 6.68. The molecule has 216 valence electrons. The minimum atomic E-state index is -4.80. The van der Waals surface area contributed by atoms with Gasteiger partial charge in [0.15, 0.2) is 0 Å². The van der Waals surface area contributed by atoms with E-state index in [0.717, 1.165) is 30.5 Å². The smallest absolute Gasteiger partial charge is 0.481 e. The number of aliphatic carboxylic acids is 1. The molecular weight excluding hydrogens is 527 g/mol. The second-order valence-corrected chi connectivity index (χ2v) is 11.2. The van der Waals surface area contributed by atoms with Gasteiger partial charge >= 0.3 is 18.4 Å². The van der Waals surface area contributed by atoms with Gasteiger partial charge in [0.25, 0.3) is 5.91 Å². The van der Waals surface area contributed by atoms with Crippen LogP contribution in [0.2, 0.25) is 0 Å². The number of carbonyl (C=O) groups is 3. The van der Waals surface area contributed by atoms with Crippen LogP contribution in [0, 0.1) is 23.2 Å². The molecule has 4 atom stereocenters. The van der Waals surface area contributed by atoms with E-state index in [0.29, 0.717) is 23.1 Å². The fraction of sp³-hybridized carbons (Fsp3) is 0.483. The second-order valence-electron chi connectivity index (χ2n) is 11.2. The van der Waals surface area contributed by atoms with E-state index in [-0.39, 0.29) is 54.6 Å². The highest BCUT2D eigenvalue weighted by Gasteiger charge is 2.57. The molecule has 40 heavy (non-hydrogen) atoms. The molecular formula is C29H34F3N3O5. The van der Waals surface area contributed by atoms with Crippen LogP contribution in [-0.4, -0.2) is 46.9 Å². The number of ether oxygens (including phenoxy) is 1. The van der Waals surface area contributed by atoms with Crippen molar-refractivity contribution in [3.05, 3.63) is 59.7 Å². The molecule has 2 bridgehead atoms. The Kier molecular flexibility index (Phi) is 8.32. The summed E-state index contributed by atoms with van der Waals surface area (Å²) in [4.78, 5) is 38.4. The first kappa shape index (κ1) is 29.2. The number of fused-ring (bicyclic) bond motifs is 2. The fourth-order valence-electron chi connectivity index (χ4n) is 6.15. The average Bonchev–Trinajstić information content (AvgIpc) is 2.87. The molecule has 3 aliphatic carbocycles.